The molecule has 1 aliphatic carbocycles. The van der Waals surface area contributed by atoms with Gasteiger partial charge in [-0.1, -0.05) is 0 Å². The molecule has 5 heteroatoms. The van der Waals surface area contributed by atoms with Gasteiger partial charge in [-0.15, -0.1) is 11.6 Å². The van der Waals surface area contributed by atoms with Gasteiger partial charge in [-0.25, -0.2) is 0 Å². The molecule has 0 aromatic carbocycles. The van der Waals surface area contributed by atoms with Crippen molar-refractivity contribution in [3.05, 3.63) is 34.2 Å². The first kappa shape index (κ1) is 13.1. The predicted molar refractivity (Wildman–Crippen MR) is 71.0 cm³/mol. The maximum atomic E-state index is 12.1. The highest BCUT2D eigenvalue weighted by molar-refractivity contribution is 6.21. The zero-order valence-electron chi connectivity index (χ0n) is 10.6. The number of halogens is 1. The highest BCUT2D eigenvalue weighted by Gasteiger charge is 2.29. The van der Waals surface area contributed by atoms with E-state index in [4.69, 9.17) is 11.6 Å². The summed E-state index contributed by atoms with van der Waals surface area (Å²) in [5.41, 5.74) is 0.279. The lowest BCUT2D eigenvalue weighted by Crippen LogP contribution is -2.38. The molecule has 0 radical (unpaired) electrons. The van der Waals surface area contributed by atoms with Crippen molar-refractivity contribution in [1.82, 2.24) is 9.47 Å². The van der Waals surface area contributed by atoms with Crippen molar-refractivity contribution in [2.24, 2.45) is 13.0 Å². The molecule has 1 heterocycles. The summed E-state index contributed by atoms with van der Waals surface area (Å²) < 4.78 is 1.45. The van der Waals surface area contributed by atoms with E-state index in [0.717, 1.165) is 12.8 Å². The van der Waals surface area contributed by atoms with Crippen LogP contribution in [0.5, 0.6) is 0 Å². The van der Waals surface area contributed by atoms with Gasteiger partial charge in [0.15, 0.2) is 0 Å². The minimum atomic E-state index is -0.168. The van der Waals surface area contributed by atoms with E-state index < -0.39 is 0 Å². The largest absolute Gasteiger partial charge is 0.341 e. The molecule has 0 spiro atoms. The van der Waals surface area contributed by atoms with E-state index in [2.05, 4.69) is 0 Å². The van der Waals surface area contributed by atoms with Crippen LogP contribution in [-0.2, 0) is 7.05 Å². The second kappa shape index (κ2) is 5.14. The molecule has 0 unspecified atom stereocenters. The second-order valence-electron chi connectivity index (χ2n) is 4.98. The summed E-state index contributed by atoms with van der Waals surface area (Å²) in [6.07, 6.45) is 3.55. The Morgan fingerprint density at radius 2 is 2.22 bits per heavy atom. The Morgan fingerprint density at radius 1 is 1.56 bits per heavy atom. The van der Waals surface area contributed by atoms with Gasteiger partial charge >= 0.3 is 0 Å². The molecule has 0 bridgehead atoms. The Hall–Kier alpha value is -1.29. The third-order valence-corrected chi connectivity index (χ3v) is 3.76. The van der Waals surface area contributed by atoms with Crippen LogP contribution >= 0.6 is 11.6 Å². The van der Waals surface area contributed by atoms with Gasteiger partial charge in [-0.2, -0.15) is 0 Å². The molecule has 18 heavy (non-hydrogen) atoms. The van der Waals surface area contributed by atoms with Crippen LogP contribution in [0.1, 0.15) is 23.2 Å². The molecule has 0 saturated heterocycles. The zero-order chi connectivity index (χ0) is 13.3. The molecule has 1 aliphatic rings. The molecule has 1 saturated carbocycles. The predicted octanol–water partition coefficient (Wildman–Crippen LogP) is 1.47. The van der Waals surface area contributed by atoms with Crippen molar-refractivity contribution < 1.29 is 4.79 Å². The maximum Gasteiger partial charge on any atom is 0.253 e. The average molecular weight is 269 g/mol. The van der Waals surface area contributed by atoms with Gasteiger partial charge in [0.1, 0.15) is 0 Å². The number of alkyl halides is 1. The van der Waals surface area contributed by atoms with Crippen LogP contribution in [0, 0.1) is 5.92 Å². The molecular formula is C13H17ClN2O2. The lowest BCUT2D eigenvalue weighted by molar-refractivity contribution is 0.0746. The fraction of sp³-hybridized carbons (Fsp3) is 0.538. The number of aromatic nitrogens is 1. The number of carbonyl (C=O) groups excluding carboxylic acids is 1. The first-order valence-electron chi connectivity index (χ1n) is 6.03. The van der Waals surface area contributed by atoms with E-state index in [-0.39, 0.29) is 16.8 Å². The fourth-order valence-electron chi connectivity index (χ4n) is 2.18. The molecular weight excluding hydrogens is 252 g/mol. The number of nitrogens with zero attached hydrogens (tertiary/aromatic N) is 2. The van der Waals surface area contributed by atoms with Gasteiger partial charge in [0.2, 0.25) is 0 Å². The highest BCUT2D eigenvalue weighted by atomic mass is 35.5. The van der Waals surface area contributed by atoms with E-state index in [9.17, 15) is 9.59 Å². The van der Waals surface area contributed by atoms with Crippen molar-refractivity contribution in [2.75, 3.05) is 13.6 Å². The Kier molecular flexibility index (Phi) is 3.76. The van der Waals surface area contributed by atoms with Crippen molar-refractivity contribution in [3.8, 4) is 0 Å². The topological polar surface area (TPSA) is 42.3 Å². The van der Waals surface area contributed by atoms with Crippen molar-refractivity contribution in [2.45, 2.75) is 18.2 Å². The van der Waals surface area contributed by atoms with Gasteiger partial charge in [0.05, 0.1) is 0 Å². The summed E-state index contributed by atoms with van der Waals surface area (Å²) in [4.78, 5) is 25.3. The van der Waals surface area contributed by atoms with Crippen LogP contribution in [0.15, 0.2) is 23.1 Å². The Labute approximate surface area is 111 Å². The van der Waals surface area contributed by atoms with Crippen LogP contribution in [0.25, 0.3) is 0 Å². The molecule has 1 fully saturated rings. The zero-order valence-corrected chi connectivity index (χ0v) is 11.4. The molecule has 1 amide bonds. The van der Waals surface area contributed by atoms with E-state index in [1.165, 1.54) is 10.6 Å². The number of aryl methyl sites for hydroxylation is 1. The number of pyridine rings is 1. The Balaban J connectivity index is 2.01. The molecule has 0 aliphatic heterocycles. The van der Waals surface area contributed by atoms with Gasteiger partial charge in [-0.3, -0.25) is 9.59 Å². The van der Waals surface area contributed by atoms with Crippen LogP contribution in [0.4, 0.5) is 0 Å². The van der Waals surface area contributed by atoms with Gasteiger partial charge in [0, 0.05) is 43.8 Å². The van der Waals surface area contributed by atoms with E-state index in [0.29, 0.717) is 18.0 Å². The molecule has 0 atom stereocenters. The normalized spacial score (nSPS) is 22.4. The van der Waals surface area contributed by atoms with Gasteiger partial charge in [-0.05, 0) is 24.8 Å². The summed E-state index contributed by atoms with van der Waals surface area (Å²) in [5.74, 6) is 0.388. The van der Waals surface area contributed by atoms with E-state index in [1.807, 2.05) is 0 Å². The highest BCUT2D eigenvalue weighted by Crippen LogP contribution is 2.32. The SMILES string of the molecule is CN(CC1CC(Cl)C1)C(=O)c1ccn(C)c(=O)c1. The average Bonchev–Trinajstić information content (AvgIpc) is 2.29. The summed E-state index contributed by atoms with van der Waals surface area (Å²) in [6.45, 7) is 0.706. The second-order valence-corrected chi connectivity index (χ2v) is 5.60. The smallest absolute Gasteiger partial charge is 0.253 e. The van der Waals surface area contributed by atoms with Gasteiger partial charge < -0.3 is 9.47 Å². The fourth-order valence-corrected chi connectivity index (χ4v) is 2.68. The van der Waals surface area contributed by atoms with Gasteiger partial charge in [0.25, 0.3) is 11.5 Å². The van der Waals surface area contributed by atoms with E-state index in [1.54, 1.807) is 31.3 Å². The molecule has 1 aromatic rings. The summed E-state index contributed by atoms with van der Waals surface area (Å²) in [6, 6.07) is 3.05. The molecule has 2 rings (SSSR count). The number of amides is 1. The molecule has 98 valence electrons. The lowest BCUT2D eigenvalue weighted by atomic mass is 9.84. The standard InChI is InChI=1S/C13H17ClN2O2/c1-15-4-3-10(7-12(15)17)13(18)16(2)8-9-5-11(14)6-9/h3-4,7,9,11H,5-6,8H2,1-2H3. The van der Waals surface area contributed by atoms with Crippen LogP contribution in [0.3, 0.4) is 0 Å². The Bertz CT molecular complexity index is 506. The number of rotatable bonds is 3. The summed E-state index contributed by atoms with van der Waals surface area (Å²) in [5, 5.41) is 0.266. The van der Waals surface area contributed by atoms with Crippen molar-refractivity contribution in [1.29, 1.82) is 0 Å². The number of hydrogen-bond acceptors (Lipinski definition) is 2. The number of hydrogen-bond donors (Lipinski definition) is 0. The quantitative estimate of drug-likeness (QED) is 0.779. The monoisotopic (exact) mass is 268 g/mol. The molecule has 1 aromatic heterocycles. The summed E-state index contributed by atoms with van der Waals surface area (Å²) in [7, 11) is 3.43. The minimum Gasteiger partial charge on any atom is -0.341 e. The number of carbonyl (C=O) groups is 1. The molecule has 4 nitrogen and oxygen atoms in total. The first-order valence-corrected chi connectivity index (χ1v) is 6.47. The maximum absolute atomic E-state index is 12.1. The van der Waals surface area contributed by atoms with Crippen LogP contribution in [-0.4, -0.2) is 34.3 Å². The minimum absolute atomic E-state index is 0.106. The summed E-state index contributed by atoms with van der Waals surface area (Å²) >= 11 is 5.91. The van der Waals surface area contributed by atoms with Crippen molar-refractivity contribution in [3.63, 3.8) is 0 Å². The van der Waals surface area contributed by atoms with Crippen molar-refractivity contribution >= 4 is 17.5 Å². The first-order chi connectivity index (χ1) is 8.47. The third kappa shape index (κ3) is 2.75. The van der Waals surface area contributed by atoms with E-state index >= 15 is 0 Å². The lowest BCUT2D eigenvalue weighted by Gasteiger charge is -2.34. The molecule has 0 N–H and O–H groups in total. The van der Waals surface area contributed by atoms with Crippen LogP contribution < -0.4 is 5.56 Å². The Morgan fingerprint density at radius 3 is 2.78 bits per heavy atom. The van der Waals surface area contributed by atoms with Crippen LogP contribution in [0.2, 0.25) is 0 Å². The third-order valence-electron chi connectivity index (χ3n) is 3.41.